The van der Waals surface area contributed by atoms with Crippen LogP contribution in [0.3, 0.4) is 0 Å². The number of amides is 1. The van der Waals surface area contributed by atoms with E-state index in [9.17, 15) is 4.79 Å². The van der Waals surface area contributed by atoms with Crippen LogP contribution in [0.2, 0.25) is 0 Å². The van der Waals surface area contributed by atoms with E-state index in [4.69, 9.17) is 14.8 Å². The standard InChI is InChI=1S/C23H28N6O3S2/c1-15-18(5-4-8-24-15)32-19-13-17(33-12-11-30)14-25-20(19)26-22-27-21(28-34-22)23(3)6-9-29(10-7-23)16(2)31/h4-5,8,13-14,30H,6-7,9-12H2,1-3H3,(H,25,26,27,28). The van der Waals surface area contributed by atoms with Gasteiger partial charge < -0.3 is 20.1 Å². The second kappa shape index (κ2) is 10.7. The van der Waals surface area contributed by atoms with E-state index in [0.717, 1.165) is 29.3 Å². The lowest BCUT2D eigenvalue weighted by Gasteiger charge is -2.37. The topological polar surface area (TPSA) is 113 Å². The quantitative estimate of drug-likeness (QED) is 0.440. The molecule has 0 atom stereocenters. The summed E-state index contributed by atoms with van der Waals surface area (Å²) in [6.07, 6.45) is 5.11. The van der Waals surface area contributed by atoms with Crippen molar-refractivity contribution in [1.82, 2.24) is 24.2 Å². The van der Waals surface area contributed by atoms with E-state index < -0.39 is 0 Å². The molecule has 180 valence electrons. The number of aromatic nitrogens is 4. The normalized spacial score (nSPS) is 15.2. The molecular formula is C23H28N6O3S2. The number of ether oxygens (including phenoxy) is 1. The average Bonchev–Trinajstić information content (AvgIpc) is 3.30. The van der Waals surface area contributed by atoms with E-state index in [1.54, 1.807) is 19.3 Å². The number of nitrogens with one attached hydrogen (secondary N) is 1. The Morgan fingerprint density at radius 2 is 2.12 bits per heavy atom. The Kier molecular flexibility index (Phi) is 7.64. The van der Waals surface area contributed by atoms with Crippen molar-refractivity contribution in [3.05, 3.63) is 42.1 Å². The van der Waals surface area contributed by atoms with Crippen LogP contribution in [0.5, 0.6) is 11.5 Å². The first-order chi connectivity index (χ1) is 16.4. The van der Waals surface area contributed by atoms with Gasteiger partial charge in [0.2, 0.25) is 11.0 Å². The van der Waals surface area contributed by atoms with Gasteiger partial charge in [0, 0.05) is 60.0 Å². The van der Waals surface area contributed by atoms with Crippen LogP contribution < -0.4 is 10.1 Å². The molecule has 34 heavy (non-hydrogen) atoms. The number of rotatable bonds is 8. The number of nitrogens with zero attached hydrogens (tertiary/aromatic N) is 5. The number of pyridine rings is 2. The fraction of sp³-hybridized carbons (Fsp3) is 0.435. The number of hydrogen-bond acceptors (Lipinski definition) is 10. The van der Waals surface area contributed by atoms with Crippen molar-refractivity contribution in [3.8, 4) is 11.5 Å². The molecule has 0 bridgehead atoms. The minimum absolute atomic E-state index is 0.0824. The third kappa shape index (κ3) is 5.65. The summed E-state index contributed by atoms with van der Waals surface area (Å²) >= 11 is 2.78. The summed E-state index contributed by atoms with van der Waals surface area (Å²) in [6.45, 7) is 7.16. The van der Waals surface area contributed by atoms with E-state index in [2.05, 4.69) is 26.6 Å². The van der Waals surface area contributed by atoms with Crippen LogP contribution in [-0.2, 0) is 10.2 Å². The number of aliphatic hydroxyl groups excluding tert-OH is 1. The number of likely N-dealkylation sites (tertiary alicyclic amines) is 1. The molecule has 1 aliphatic rings. The van der Waals surface area contributed by atoms with Crippen molar-refractivity contribution >= 4 is 40.2 Å². The molecule has 0 unspecified atom stereocenters. The van der Waals surface area contributed by atoms with Crippen molar-refractivity contribution in [2.45, 2.75) is 43.9 Å². The monoisotopic (exact) mass is 500 g/mol. The highest BCUT2D eigenvalue weighted by Crippen LogP contribution is 2.37. The molecule has 0 saturated carbocycles. The molecule has 0 spiro atoms. The van der Waals surface area contributed by atoms with E-state index in [0.29, 0.717) is 41.3 Å². The van der Waals surface area contributed by atoms with Gasteiger partial charge in [0.1, 0.15) is 5.75 Å². The summed E-state index contributed by atoms with van der Waals surface area (Å²) in [7, 11) is 0. The molecule has 3 aromatic heterocycles. The van der Waals surface area contributed by atoms with Crippen LogP contribution in [0.15, 0.2) is 35.5 Å². The number of aliphatic hydroxyl groups is 1. The number of thioether (sulfide) groups is 1. The number of anilines is 2. The lowest BCUT2D eigenvalue weighted by atomic mass is 9.79. The van der Waals surface area contributed by atoms with Gasteiger partial charge in [0.25, 0.3) is 0 Å². The van der Waals surface area contributed by atoms with Crippen molar-refractivity contribution in [3.63, 3.8) is 0 Å². The number of aryl methyl sites for hydroxylation is 1. The molecule has 1 aliphatic heterocycles. The van der Waals surface area contributed by atoms with Gasteiger partial charge in [-0.25, -0.2) is 9.97 Å². The summed E-state index contributed by atoms with van der Waals surface area (Å²) in [6, 6.07) is 5.57. The van der Waals surface area contributed by atoms with Crippen molar-refractivity contribution in [2.75, 3.05) is 30.8 Å². The molecular weight excluding hydrogens is 472 g/mol. The van der Waals surface area contributed by atoms with Gasteiger partial charge in [-0.15, -0.1) is 11.8 Å². The van der Waals surface area contributed by atoms with Crippen LogP contribution >= 0.6 is 23.3 Å². The molecule has 1 fully saturated rings. The molecule has 1 saturated heterocycles. The molecule has 0 aromatic carbocycles. The minimum Gasteiger partial charge on any atom is -0.452 e. The van der Waals surface area contributed by atoms with E-state index in [1.807, 2.05) is 30.0 Å². The largest absolute Gasteiger partial charge is 0.452 e. The number of carbonyl (C=O) groups is 1. The predicted molar refractivity (Wildman–Crippen MR) is 133 cm³/mol. The Bertz CT molecular complexity index is 1150. The summed E-state index contributed by atoms with van der Waals surface area (Å²) in [4.78, 5) is 28.0. The lowest BCUT2D eigenvalue weighted by molar-refractivity contribution is -0.130. The Labute approximate surface area is 207 Å². The number of carbonyl (C=O) groups excluding carboxylic acids is 1. The minimum atomic E-state index is -0.174. The highest BCUT2D eigenvalue weighted by atomic mass is 32.2. The molecule has 9 nitrogen and oxygen atoms in total. The molecule has 0 radical (unpaired) electrons. The summed E-state index contributed by atoms with van der Waals surface area (Å²) in [5, 5.41) is 13.1. The van der Waals surface area contributed by atoms with Gasteiger partial charge in [-0.2, -0.15) is 4.37 Å². The highest BCUT2D eigenvalue weighted by molar-refractivity contribution is 7.99. The van der Waals surface area contributed by atoms with Crippen LogP contribution in [0.1, 0.15) is 38.2 Å². The van der Waals surface area contributed by atoms with Gasteiger partial charge in [0.05, 0.1) is 12.3 Å². The third-order valence-electron chi connectivity index (χ3n) is 5.87. The first-order valence-corrected chi connectivity index (χ1v) is 12.8. The fourth-order valence-corrected chi connectivity index (χ4v) is 5.04. The molecule has 1 amide bonds. The molecule has 4 heterocycles. The smallest absolute Gasteiger partial charge is 0.219 e. The van der Waals surface area contributed by atoms with Gasteiger partial charge in [-0.1, -0.05) is 6.92 Å². The Hall–Kier alpha value is -2.76. The molecule has 0 aliphatic carbocycles. The average molecular weight is 501 g/mol. The highest BCUT2D eigenvalue weighted by Gasteiger charge is 2.36. The van der Waals surface area contributed by atoms with E-state index in [1.165, 1.54) is 23.3 Å². The summed E-state index contributed by atoms with van der Waals surface area (Å²) < 4.78 is 10.8. The second-order valence-corrected chi connectivity index (χ2v) is 10.3. The summed E-state index contributed by atoms with van der Waals surface area (Å²) in [5.74, 6) is 3.16. The molecule has 2 N–H and O–H groups in total. The Balaban J connectivity index is 1.55. The summed E-state index contributed by atoms with van der Waals surface area (Å²) in [5.41, 5.74) is 0.595. The van der Waals surface area contributed by atoms with Gasteiger partial charge in [-0.05, 0) is 38.0 Å². The zero-order valence-corrected chi connectivity index (χ0v) is 21.1. The van der Waals surface area contributed by atoms with Crippen molar-refractivity contribution in [1.29, 1.82) is 0 Å². The fourth-order valence-electron chi connectivity index (χ4n) is 3.70. The zero-order valence-electron chi connectivity index (χ0n) is 19.4. The third-order valence-corrected chi connectivity index (χ3v) is 7.44. The predicted octanol–water partition coefficient (Wildman–Crippen LogP) is 4.16. The van der Waals surface area contributed by atoms with Crippen LogP contribution in [0.4, 0.5) is 10.9 Å². The van der Waals surface area contributed by atoms with Gasteiger partial charge >= 0.3 is 0 Å². The lowest BCUT2D eigenvalue weighted by Crippen LogP contribution is -2.43. The van der Waals surface area contributed by atoms with E-state index in [-0.39, 0.29) is 17.9 Å². The SMILES string of the molecule is CC(=O)N1CCC(C)(c2nsc(Nc3ncc(SCCO)cc3Oc3cccnc3C)n2)CC1. The molecule has 3 aromatic rings. The molecule has 4 rings (SSSR count). The van der Waals surface area contributed by atoms with Gasteiger partial charge in [-0.3, -0.25) is 9.78 Å². The maximum absolute atomic E-state index is 11.7. The van der Waals surface area contributed by atoms with Crippen molar-refractivity contribution in [2.24, 2.45) is 0 Å². The van der Waals surface area contributed by atoms with Crippen LogP contribution in [-0.4, -0.2) is 60.7 Å². The Morgan fingerprint density at radius 1 is 1.32 bits per heavy atom. The van der Waals surface area contributed by atoms with E-state index >= 15 is 0 Å². The number of piperidine rings is 1. The maximum Gasteiger partial charge on any atom is 0.219 e. The first kappa shape index (κ1) is 24.4. The van der Waals surface area contributed by atoms with Crippen molar-refractivity contribution < 1.29 is 14.6 Å². The van der Waals surface area contributed by atoms with Gasteiger partial charge in [0.15, 0.2) is 17.4 Å². The van der Waals surface area contributed by atoms with Crippen LogP contribution in [0, 0.1) is 6.92 Å². The second-order valence-electron chi connectivity index (χ2n) is 8.39. The maximum atomic E-state index is 11.7. The van der Waals surface area contributed by atoms with Crippen LogP contribution in [0.25, 0.3) is 0 Å². The first-order valence-electron chi connectivity index (χ1n) is 11.1. The molecule has 11 heteroatoms. The number of hydrogen-bond donors (Lipinski definition) is 2. The Morgan fingerprint density at radius 3 is 2.82 bits per heavy atom. The zero-order chi connectivity index (χ0) is 24.1.